The Labute approximate surface area is 181 Å². The molecular formula is C20H25ClN6OS. The first-order valence-electron chi connectivity index (χ1n) is 9.93. The molecule has 1 aromatic heterocycles. The lowest BCUT2D eigenvalue weighted by Crippen LogP contribution is -2.37. The van der Waals surface area contributed by atoms with E-state index in [1.54, 1.807) is 6.07 Å². The molecule has 4 rings (SSSR count). The van der Waals surface area contributed by atoms with Crippen molar-refractivity contribution in [3.63, 3.8) is 0 Å². The molecule has 2 aliphatic heterocycles. The van der Waals surface area contributed by atoms with Crippen LogP contribution in [0, 0.1) is 0 Å². The van der Waals surface area contributed by atoms with Crippen molar-refractivity contribution >= 4 is 46.4 Å². The van der Waals surface area contributed by atoms with Gasteiger partial charge in [-0.15, -0.1) is 0 Å². The Bertz CT molecular complexity index is 837. The molecule has 3 heterocycles. The first kappa shape index (κ1) is 20.1. The van der Waals surface area contributed by atoms with Crippen molar-refractivity contribution in [2.24, 2.45) is 0 Å². The fourth-order valence-corrected chi connectivity index (χ4v) is 3.89. The minimum Gasteiger partial charge on any atom is -0.378 e. The molecule has 2 N–H and O–H groups in total. The Balaban J connectivity index is 1.31. The van der Waals surface area contributed by atoms with Crippen molar-refractivity contribution < 1.29 is 4.74 Å². The molecule has 2 saturated heterocycles. The minimum atomic E-state index is 0.379. The predicted molar refractivity (Wildman–Crippen MR) is 121 cm³/mol. The van der Waals surface area contributed by atoms with Gasteiger partial charge >= 0.3 is 0 Å². The van der Waals surface area contributed by atoms with Crippen LogP contribution in [0.4, 0.5) is 17.5 Å². The van der Waals surface area contributed by atoms with Crippen LogP contribution in [-0.4, -0.2) is 54.5 Å². The fraction of sp³-hybridized carbons (Fsp3) is 0.450. The third-order valence-electron chi connectivity index (χ3n) is 5.10. The van der Waals surface area contributed by atoms with E-state index in [4.69, 9.17) is 28.6 Å². The van der Waals surface area contributed by atoms with Crippen molar-refractivity contribution in [1.29, 1.82) is 0 Å². The molecule has 2 aromatic rings. The predicted octanol–water partition coefficient (Wildman–Crippen LogP) is 3.05. The summed E-state index contributed by atoms with van der Waals surface area (Å²) in [6.07, 6.45) is 2.56. The van der Waals surface area contributed by atoms with Gasteiger partial charge in [0.05, 0.1) is 13.2 Å². The molecule has 0 spiro atoms. The molecule has 0 saturated carbocycles. The normalized spacial score (nSPS) is 16.7. The van der Waals surface area contributed by atoms with E-state index in [0.29, 0.717) is 36.0 Å². The first-order chi connectivity index (χ1) is 14.2. The molecule has 2 aliphatic rings. The van der Waals surface area contributed by atoms with Gasteiger partial charge in [0, 0.05) is 44.5 Å². The molecule has 0 unspecified atom stereocenters. The highest BCUT2D eigenvalue weighted by Gasteiger charge is 2.15. The van der Waals surface area contributed by atoms with Gasteiger partial charge in [0.1, 0.15) is 11.0 Å². The number of rotatable bonds is 5. The van der Waals surface area contributed by atoms with Gasteiger partial charge in [-0.1, -0.05) is 23.7 Å². The summed E-state index contributed by atoms with van der Waals surface area (Å²) in [6, 6.07) is 10.4. The van der Waals surface area contributed by atoms with Gasteiger partial charge in [0.2, 0.25) is 5.95 Å². The molecule has 0 amide bonds. The lowest BCUT2D eigenvalue weighted by molar-refractivity contribution is 0.122. The van der Waals surface area contributed by atoms with Crippen LogP contribution in [0.1, 0.15) is 18.4 Å². The second-order valence-electron chi connectivity index (χ2n) is 7.14. The Morgan fingerprint density at radius 3 is 2.48 bits per heavy atom. The Morgan fingerprint density at radius 2 is 1.76 bits per heavy atom. The molecule has 0 radical (unpaired) electrons. The molecule has 0 aliphatic carbocycles. The van der Waals surface area contributed by atoms with E-state index in [1.807, 2.05) is 0 Å². The minimum absolute atomic E-state index is 0.379. The maximum Gasteiger partial charge on any atom is 0.232 e. The van der Waals surface area contributed by atoms with Crippen molar-refractivity contribution in [1.82, 2.24) is 15.3 Å². The maximum absolute atomic E-state index is 6.18. The van der Waals surface area contributed by atoms with Crippen molar-refractivity contribution in [2.75, 3.05) is 54.5 Å². The van der Waals surface area contributed by atoms with Gasteiger partial charge in [-0.25, -0.2) is 4.98 Å². The smallest absolute Gasteiger partial charge is 0.232 e. The lowest BCUT2D eigenvalue weighted by atomic mass is 10.2. The Hall–Kier alpha value is -2.16. The zero-order chi connectivity index (χ0) is 20.1. The number of thiocarbonyl (C=S) groups is 1. The monoisotopic (exact) mass is 432 g/mol. The van der Waals surface area contributed by atoms with Gasteiger partial charge in [0.15, 0.2) is 5.11 Å². The first-order valence-corrected chi connectivity index (χ1v) is 10.7. The number of halogens is 1. The average molecular weight is 433 g/mol. The molecule has 0 bridgehead atoms. The third kappa shape index (κ3) is 5.46. The van der Waals surface area contributed by atoms with Crippen LogP contribution >= 0.6 is 23.8 Å². The van der Waals surface area contributed by atoms with E-state index in [1.165, 1.54) is 18.5 Å². The van der Waals surface area contributed by atoms with Crippen molar-refractivity contribution in [2.45, 2.75) is 19.4 Å². The van der Waals surface area contributed by atoms with E-state index in [9.17, 15) is 0 Å². The van der Waals surface area contributed by atoms with Crippen molar-refractivity contribution in [3.8, 4) is 0 Å². The molecule has 29 heavy (non-hydrogen) atoms. The molecule has 9 heteroatoms. The maximum atomic E-state index is 6.18. The van der Waals surface area contributed by atoms with E-state index < -0.39 is 0 Å². The average Bonchev–Trinajstić information content (AvgIpc) is 3.28. The summed E-state index contributed by atoms with van der Waals surface area (Å²) in [6.45, 7) is 5.85. The zero-order valence-corrected chi connectivity index (χ0v) is 17.8. The highest BCUT2D eigenvalue weighted by atomic mass is 35.5. The lowest BCUT2D eigenvalue weighted by Gasteiger charge is -2.28. The summed E-state index contributed by atoms with van der Waals surface area (Å²) in [5, 5.41) is 7.08. The van der Waals surface area contributed by atoms with Gasteiger partial charge in [-0.2, -0.15) is 4.98 Å². The third-order valence-corrected chi connectivity index (χ3v) is 5.54. The second kappa shape index (κ2) is 9.56. The summed E-state index contributed by atoms with van der Waals surface area (Å²) in [5.41, 5.74) is 2.45. The van der Waals surface area contributed by atoms with E-state index in [2.05, 4.69) is 54.7 Å². The molecule has 7 nitrogen and oxygen atoms in total. The quantitative estimate of drug-likeness (QED) is 0.552. The standard InChI is InChI=1S/C20H25ClN6OS/c21-17-13-18(27-9-11-28-12-10-27)24-19(23-17)25-20(29)22-14-15-3-5-16(6-4-15)26-7-1-2-8-26/h3-6,13H,1-2,7-12,14H2,(H2,22,23,24,25,29). The molecule has 0 atom stereocenters. The number of nitrogens with one attached hydrogen (secondary N) is 2. The highest BCUT2D eigenvalue weighted by Crippen LogP contribution is 2.21. The Morgan fingerprint density at radius 1 is 1.03 bits per heavy atom. The number of morpholine rings is 1. The highest BCUT2D eigenvalue weighted by molar-refractivity contribution is 7.80. The summed E-state index contributed by atoms with van der Waals surface area (Å²) < 4.78 is 5.39. The van der Waals surface area contributed by atoms with E-state index in [0.717, 1.165) is 37.6 Å². The Kier molecular flexibility index (Phi) is 6.63. The topological polar surface area (TPSA) is 65.5 Å². The number of aromatic nitrogens is 2. The van der Waals surface area contributed by atoms with E-state index >= 15 is 0 Å². The molecule has 2 fully saturated rings. The van der Waals surface area contributed by atoms with Gasteiger partial charge < -0.3 is 25.2 Å². The van der Waals surface area contributed by atoms with Crippen LogP contribution in [0.5, 0.6) is 0 Å². The number of benzene rings is 1. The van der Waals surface area contributed by atoms with Crippen LogP contribution in [0.15, 0.2) is 30.3 Å². The summed E-state index contributed by atoms with van der Waals surface area (Å²) in [7, 11) is 0. The van der Waals surface area contributed by atoms with Crippen LogP contribution < -0.4 is 20.4 Å². The summed E-state index contributed by atoms with van der Waals surface area (Å²) >= 11 is 11.6. The summed E-state index contributed by atoms with van der Waals surface area (Å²) in [5.74, 6) is 1.16. The van der Waals surface area contributed by atoms with Crippen LogP contribution in [0.2, 0.25) is 5.15 Å². The number of hydrogen-bond donors (Lipinski definition) is 2. The SMILES string of the molecule is S=C(NCc1ccc(N2CCCC2)cc1)Nc1nc(Cl)cc(N2CCOCC2)n1. The summed E-state index contributed by atoms with van der Waals surface area (Å²) in [4.78, 5) is 13.3. The molecular weight excluding hydrogens is 408 g/mol. The number of nitrogens with zero attached hydrogens (tertiary/aromatic N) is 4. The van der Waals surface area contributed by atoms with Gasteiger partial charge in [-0.05, 0) is 42.8 Å². The van der Waals surface area contributed by atoms with Gasteiger partial charge in [-0.3, -0.25) is 0 Å². The van der Waals surface area contributed by atoms with Crippen LogP contribution in [-0.2, 0) is 11.3 Å². The second-order valence-corrected chi connectivity index (χ2v) is 7.94. The number of ether oxygens (including phenoxy) is 1. The number of anilines is 3. The fourth-order valence-electron chi connectivity index (χ4n) is 3.54. The van der Waals surface area contributed by atoms with Crippen LogP contribution in [0.25, 0.3) is 0 Å². The molecule has 1 aromatic carbocycles. The molecule has 154 valence electrons. The van der Waals surface area contributed by atoms with Gasteiger partial charge in [0.25, 0.3) is 0 Å². The zero-order valence-electron chi connectivity index (χ0n) is 16.2. The van der Waals surface area contributed by atoms with Crippen molar-refractivity contribution in [3.05, 3.63) is 41.0 Å². The largest absolute Gasteiger partial charge is 0.378 e. The number of hydrogen-bond acceptors (Lipinski definition) is 6. The van der Waals surface area contributed by atoms with E-state index in [-0.39, 0.29) is 0 Å². The van der Waals surface area contributed by atoms with Crippen LogP contribution in [0.3, 0.4) is 0 Å².